The number of hydrogen-bond acceptors (Lipinski definition) is 1. The van der Waals surface area contributed by atoms with Crippen LogP contribution in [0.2, 0.25) is 0 Å². The van der Waals surface area contributed by atoms with Gasteiger partial charge in [-0.05, 0) is 48.9 Å². The van der Waals surface area contributed by atoms with Crippen LogP contribution in [-0.2, 0) is 0 Å². The average Bonchev–Trinajstić information content (AvgIpc) is 2.91. The number of likely N-dealkylation sites (tertiary alicyclic amines) is 1. The van der Waals surface area contributed by atoms with E-state index in [1.54, 1.807) is 0 Å². The second-order valence-electron chi connectivity index (χ2n) is 8.68. The van der Waals surface area contributed by atoms with Crippen LogP contribution in [0.5, 0.6) is 0 Å². The summed E-state index contributed by atoms with van der Waals surface area (Å²) in [6.45, 7) is 8.93. The summed E-state index contributed by atoms with van der Waals surface area (Å²) in [7, 11) is 0. The number of hydrogen-bond donors (Lipinski definition) is 1. The van der Waals surface area contributed by atoms with Crippen molar-refractivity contribution in [2.45, 2.75) is 71.8 Å². The fourth-order valence-corrected chi connectivity index (χ4v) is 5.25. The molecule has 0 radical (unpaired) electrons. The Morgan fingerprint density at radius 2 is 1.90 bits per heavy atom. The van der Waals surface area contributed by atoms with Crippen LogP contribution in [0, 0.1) is 16.7 Å². The third-order valence-electron chi connectivity index (χ3n) is 5.69. The Morgan fingerprint density at radius 1 is 1.20 bits per heavy atom. The van der Waals surface area contributed by atoms with Gasteiger partial charge < -0.3 is 10.2 Å². The van der Waals surface area contributed by atoms with Gasteiger partial charge in [0.15, 0.2) is 0 Å². The molecule has 1 aliphatic heterocycles. The molecule has 2 unspecified atom stereocenters. The van der Waals surface area contributed by atoms with E-state index in [1.165, 1.54) is 44.9 Å². The largest absolute Gasteiger partial charge is 0.338 e. The maximum Gasteiger partial charge on any atom is 0.317 e. The zero-order valence-corrected chi connectivity index (χ0v) is 13.4. The molecule has 2 aliphatic carbocycles. The predicted octanol–water partition coefficient (Wildman–Crippen LogP) is 3.79. The second-order valence-corrected chi connectivity index (χ2v) is 8.68. The summed E-state index contributed by atoms with van der Waals surface area (Å²) in [6, 6.07) is 0.663. The third-order valence-corrected chi connectivity index (χ3v) is 5.69. The van der Waals surface area contributed by atoms with Crippen molar-refractivity contribution in [2.75, 3.05) is 13.1 Å². The number of rotatable bonds is 2. The van der Waals surface area contributed by atoms with E-state index in [9.17, 15) is 4.79 Å². The summed E-state index contributed by atoms with van der Waals surface area (Å²) in [5.41, 5.74) is 0.731. The lowest BCUT2D eigenvalue weighted by atomic mass is 9.65. The maximum atomic E-state index is 12.5. The minimum atomic E-state index is 0.198. The van der Waals surface area contributed by atoms with Gasteiger partial charge >= 0.3 is 6.03 Å². The minimum absolute atomic E-state index is 0.198. The van der Waals surface area contributed by atoms with Gasteiger partial charge in [0.25, 0.3) is 0 Å². The highest BCUT2D eigenvalue weighted by molar-refractivity contribution is 5.75. The molecule has 1 N–H and O–H groups in total. The van der Waals surface area contributed by atoms with Gasteiger partial charge in [-0.1, -0.05) is 33.6 Å². The van der Waals surface area contributed by atoms with E-state index in [0.717, 1.165) is 19.0 Å². The van der Waals surface area contributed by atoms with Crippen molar-refractivity contribution in [2.24, 2.45) is 16.7 Å². The number of carbonyl (C=O) groups excluding carboxylic acids is 1. The molecular weight excluding hydrogens is 248 g/mol. The molecule has 3 aliphatic rings. The van der Waals surface area contributed by atoms with Crippen LogP contribution in [0.3, 0.4) is 0 Å². The van der Waals surface area contributed by atoms with Crippen molar-refractivity contribution < 1.29 is 4.79 Å². The lowest BCUT2D eigenvalue weighted by Gasteiger charge is -2.39. The van der Waals surface area contributed by atoms with Gasteiger partial charge in [0, 0.05) is 19.1 Å². The molecule has 2 atom stereocenters. The number of carbonyl (C=O) groups is 1. The van der Waals surface area contributed by atoms with Crippen LogP contribution in [0.25, 0.3) is 0 Å². The fraction of sp³-hybridized carbons (Fsp3) is 0.941. The molecule has 2 amide bonds. The van der Waals surface area contributed by atoms with Crippen LogP contribution in [-0.4, -0.2) is 30.1 Å². The second kappa shape index (κ2) is 4.92. The molecule has 3 rings (SSSR count). The van der Waals surface area contributed by atoms with Crippen molar-refractivity contribution in [3.63, 3.8) is 0 Å². The van der Waals surface area contributed by atoms with Gasteiger partial charge in [0.05, 0.1) is 0 Å². The maximum absolute atomic E-state index is 12.5. The molecule has 0 aromatic carbocycles. The van der Waals surface area contributed by atoms with Crippen molar-refractivity contribution in [3.8, 4) is 0 Å². The van der Waals surface area contributed by atoms with Crippen LogP contribution in [0.4, 0.5) is 4.79 Å². The Balaban J connectivity index is 1.58. The van der Waals surface area contributed by atoms with E-state index >= 15 is 0 Å². The van der Waals surface area contributed by atoms with Gasteiger partial charge in [-0.15, -0.1) is 0 Å². The molecule has 114 valence electrons. The molecule has 2 saturated carbocycles. The summed E-state index contributed by atoms with van der Waals surface area (Å²) >= 11 is 0. The van der Waals surface area contributed by atoms with E-state index in [-0.39, 0.29) is 6.03 Å². The molecule has 20 heavy (non-hydrogen) atoms. The van der Waals surface area contributed by atoms with Crippen LogP contribution in [0.1, 0.15) is 65.7 Å². The molecule has 0 spiro atoms. The van der Waals surface area contributed by atoms with Gasteiger partial charge in [-0.3, -0.25) is 0 Å². The molecule has 0 aromatic rings. The monoisotopic (exact) mass is 278 g/mol. The first-order chi connectivity index (χ1) is 9.37. The van der Waals surface area contributed by atoms with Crippen molar-refractivity contribution in [1.82, 2.24) is 10.2 Å². The predicted molar refractivity (Wildman–Crippen MR) is 81.6 cm³/mol. The Kier molecular flexibility index (Phi) is 3.50. The van der Waals surface area contributed by atoms with E-state index in [0.29, 0.717) is 16.9 Å². The third kappa shape index (κ3) is 2.82. The van der Waals surface area contributed by atoms with Gasteiger partial charge in [0.2, 0.25) is 0 Å². The molecular formula is C17H30N2O. The topological polar surface area (TPSA) is 32.3 Å². The first-order valence-corrected chi connectivity index (χ1v) is 8.41. The first-order valence-electron chi connectivity index (χ1n) is 8.41. The summed E-state index contributed by atoms with van der Waals surface area (Å²) in [4.78, 5) is 14.7. The number of nitrogens with zero attached hydrogens (tertiary/aromatic N) is 1. The van der Waals surface area contributed by atoms with E-state index in [2.05, 4.69) is 31.0 Å². The fourth-order valence-electron chi connectivity index (χ4n) is 5.25. The number of urea groups is 1. The Hall–Kier alpha value is -0.730. The van der Waals surface area contributed by atoms with Crippen molar-refractivity contribution >= 4 is 6.03 Å². The SMILES string of the molecule is CC1(C)CC2CC(C)(CN2C(=O)NCC2CCCC2)C1. The lowest BCUT2D eigenvalue weighted by Crippen LogP contribution is -2.44. The van der Waals surface area contributed by atoms with Gasteiger partial charge in [-0.2, -0.15) is 0 Å². The first kappa shape index (κ1) is 14.2. The molecule has 1 heterocycles. The summed E-state index contributed by atoms with van der Waals surface area (Å²) in [5, 5.41) is 3.21. The van der Waals surface area contributed by atoms with Crippen molar-refractivity contribution in [3.05, 3.63) is 0 Å². The summed E-state index contributed by atoms with van der Waals surface area (Å²) < 4.78 is 0. The van der Waals surface area contributed by atoms with E-state index in [4.69, 9.17) is 0 Å². The van der Waals surface area contributed by atoms with E-state index in [1.807, 2.05) is 0 Å². The van der Waals surface area contributed by atoms with Crippen LogP contribution >= 0.6 is 0 Å². The molecule has 1 saturated heterocycles. The molecule has 3 nitrogen and oxygen atoms in total. The smallest absolute Gasteiger partial charge is 0.317 e. The average molecular weight is 278 g/mol. The van der Waals surface area contributed by atoms with Gasteiger partial charge in [0.1, 0.15) is 0 Å². The lowest BCUT2D eigenvalue weighted by molar-refractivity contribution is 0.129. The Bertz CT molecular complexity index is 386. The Morgan fingerprint density at radius 3 is 2.60 bits per heavy atom. The highest BCUT2D eigenvalue weighted by atomic mass is 16.2. The van der Waals surface area contributed by atoms with Crippen LogP contribution < -0.4 is 5.32 Å². The summed E-state index contributed by atoms with van der Waals surface area (Å²) in [5.74, 6) is 0.730. The zero-order valence-electron chi connectivity index (χ0n) is 13.4. The quantitative estimate of drug-likeness (QED) is 0.819. The molecule has 0 aromatic heterocycles. The zero-order chi connectivity index (χ0) is 14.4. The Labute approximate surface area is 123 Å². The number of nitrogens with one attached hydrogen (secondary N) is 1. The molecule has 3 heteroatoms. The number of fused-ring (bicyclic) bond motifs is 2. The highest BCUT2D eigenvalue weighted by Gasteiger charge is 2.50. The molecule has 2 bridgehead atoms. The van der Waals surface area contributed by atoms with E-state index < -0.39 is 0 Å². The normalized spacial score (nSPS) is 36.4. The summed E-state index contributed by atoms with van der Waals surface area (Å²) in [6.07, 6.45) is 8.91. The highest BCUT2D eigenvalue weighted by Crippen LogP contribution is 2.52. The van der Waals surface area contributed by atoms with Crippen molar-refractivity contribution in [1.29, 1.82) is 0 Å². The standard InChI is InChI=1S/C17H30N2O/c1-16(2)8-14-9-17(3,11-16)12-19(14)15(20)18-10-13-6-4-5-7-13/h13-14H,4-12H2,1-3H3,(H,18,20). The minimum Gasteiger partial charge on any atom is -0.338 e. The van der Waals surface area contributed by atoms with Gasteiger partial charge in [-0.25, -0.2) is 4.79 Å². The molecule has 3 fully saturated rings. The van der Waals surface area contributed by atoms with Crippen LogP contribution in [0.15, 0.2) is 0 Å². The number of amides is 2.